The molecule has 0 saturated heterocycles. The van der Waals surface area contributed by atoms with Gasteiger partial charge in [-0.05, 0) is 56.3 Å². The van der Waals surface area contributed by atoms with Crippen molar-refractivity contribution in [3.8, 4) is 11.5 Å². The second kappa shape index (κ2) is 7.84. The molecule has 1 unspecified atom stereocenters. The molecular formula is C18H17BrN2O3S. The SMILES string of the molecule is CCOc1ccc2nc(NC(=O)C(C)Oc3ccc(Br)cc3)sc2c1. The normalized spacial score (nSPS) is 12.0. The largest absolute Gasteiger partial charge is 0.494 e. The van der Waals surface area contributed by atoms with E-state index in [2.05, 4.69) is 26.2 Å². The van der Waals surface area contributed by atoms with Crippen molar-refractivity contribution >= 4 is 48.5 Å². The number of amides is 1. The average Bonchev–Trinajstić information content (AvgIpc) is 2.98. The topological polar surface area (TPSA) is 60.5 Å². The van der Waals surface area contributed by atoms with Gasteiger partial charge >= 0.3 is 0 Å². The molecule has 0 bridgehead atoms. The van der Waals surface area contributed by atoms with E-state index in [9.17, 15) is 4.79 Å². The molecule has 130 valence electrons. The molecule has 5 nitrogen and oxygen atoms in total. The second-order valence-electron chi connectivity index (χ2n) is 5.28. The van der Waals surface area contributed by atoms with Crippen LogP contribution in [-0.2, 0) is 4.79 Å². The predicted octanol–water partition coefficient (Wildman–Crippen LogP) is 4.86. The summed E-state index contributed by atoms with van der Waals surface area (Å²) in [6.07, 6.45) is -0.632. The van der Waals surface area contributed by atoms with Crippen molar-refractivity contribution in [2.75, 3.05) is 11.9 Å². The first-order valence-corrected chi connectivity index (χ1v) is 9.42. The summed E-state index contributed by atoms with van der Waals surface area (Å²) in [5.74, 6) is 1.19. The van der Waals surface area contributed by atoms with E-state index in [1.807, 2.05) is 37.3 Å². The number of hydrogen-bond donors (Lipinski definition) is 1. The molecule has 0 aliphatic rings. The summed E-state index contributed by atoms with van der Waals surface area (Å²) < 4.78 is 13.1. The summed E-state index contributed by atoms with van der Waals surface area (Å²) in [6, 6.07) is 13.0. The molecule has 0 fully saturated rings. The first kappa shape index (κ1) is 17.7. The first-order chi connectivity index (χ1) is 12.0. The van der Waals surface area contributed by atoms with Gasteiger partial charge in [0.05, 0.1) is 16.8 Å². The minimum absolute atomic E-state index is 0.244. The van der Waals surface area contributed by atoms with Gasteiger partial charge in [0.1, 0.15) is 11.5 Å². The molecule has 7 heteroatoms. The predicted molar refractivity (Wildman–Crippen MR) is 104 cm³/mol. The molecule has 25 heavy (non-hydrogen) atoms. The van der Waals surface area contributed by atoms with Crippen molar-refractivity contribution in [2.24, 2.45) is 0 Å². The number of halogens is 1. The molecule has 0 aliphatic carbocycles. The average molecular weight is 421 g/mol. The zero-order valence-electron chi connectivity index (χ0n) is 13.8. The van der Waals surface area contributed by atoms with Crippen LogP contribution in [-0.4, -0.2) is 23.6 Å². The lowest BCUT2D eigenvalue weighted by atomic mass is 10.3. The van der Waals surface area contributed by atoms with E-state index in [1.54, 1.807) is 19.1 Å². The van der Waals surface area contributed by atoms with Gasteiger partial charge in [0.15, 0.2) is 11.2 Å². The number of nitrogens with one attached hydrogen (secondary N) is 1. The quantitative estimate of drug-likeness (QED) is 0.618. The first-order valence-electron chi connectivity index (χ1n) is 7.81. The Balaban J connectivity index is 1.67. The number of carbonyl (C=O) groups is 1. The van der Waals surface area contributed by atoms with Crippen molar-refractivity contribution in [1.29, 1.82) is 0 Å². The third kappa shape index (κ3) is 4.49. The maximum Gasteiger partial charge on any atom is 0.266 e. The van der Waals surface area contributed by atoms with E-state index in [0.29, 0.717) is 17.5 Å². The number of nitrogens with zero attached hydrogens (tertiary/aromatic N) is 1. The molecule has 3 rings (SSSR count). The Bertz CT molecular complexity index is 880. The number of aromatic nitrogens is 1. The molecule has 2 aromatic carbocycles. The van der Waals surface area contributed by atoms with Crippen LogP contribution in [0.2, 0.25) is 0 Å². The van der Waals surface area contributed by atoms with Crippen LogP contribution in [0.25, 0.3) is 10.2 Å². The van der Waals surface area contributed by atoms with E-state index in [-0.39, 0.29) is 5.91 Å². The van der Waals surface area contributed by atoms with Gasteiger partial charge in [-0.3, -0.25) is 10.1 Å². The highest BCUT2D eigenvalue weighted by Gasteiger charge is 2.17. The number of hydrogen-bond acceptors (Lipinski definition) is 5. The van der Waals surface area contributed by atoms with E-state index < -0.39 is 6.10 Å². The Morgan fingerprint density at radius 3 is 2.68 bits per heavy atom. The van der Waals surface area contributed by atoms with Crippen molar-refractivity contribution in [2.45, 2.75) is 20.0 Å². The molecule has 0 aliphatic heterocycles. The van der Waals surface area contributed by atoms with E-state index in [4.69, 9.17) is 9.47 Å². The van der Waals surface area contributed by atoms with Crippen molar-refractivity contribution in [3.05, 3.63) is 46.9 Å². The highest BCUT2D eigenvalue weighted by molar-refractivity contribution is 9.10. The molecule has 0 saturated carbocycles. The fourth-order valence-corrected chi connectivity index (χ4v) is 3.35. The fraction of sp³-hybridized carbons (Fsp3) is 0.222. The molecule has 1 N–H and O–H groups in total. The summed E-state index contributed by atoms with van der Waals surface area (Å²) in [5, 5.41) is 3.35. The third-order valence-corrected chi connectivity index (χ3v) is 4.86. The van der Waals surface area contributed by atoms with Crippen molar-refractivity contribution in [3.63, 3.8) is 0 Å². The summed E-state index contributed by atoms with van der Waals surface area (Å²) in [6.45, 7) is 4.26. The van der Waals surface area contributed by atoms with Gasteiger partial charge in [0, 0.05) is 4.47 Å². The van der Waals surface area contributed by atoms with Gasteiger partial charge in [-0.15, -0.1) is 0 Å². The lowest BCUT2D eigenvalue weighted by Gasteiger charge is -2.13. The Labute approximate surface area is 158 Å². The lowest BCUT2D eigenvalue weighted by molar-refractivity contribution is -0.122. The van der Waals surface area contributed by atoms with Gasteiger partial charge in [-0.25, -0.2) is 4.98 Å². The van der Waals surface area contributed by atoms with Crippen LogP contribution in [0.3, 0.4) is 0 Å². The Morgan fingerprint density at radius 2 is 1.96 bits per heavy atom. The van der Waals surface area contributed by atoms with Crippen LogP contribution in [0, 0.1) is 0 Å². The zero-order chi connectivity index (χ0) is 17.8. The van der Waals surface area contributed by atoms with E-state index >= 15 is 0 Å². The third-order valence-electron chi connectivity index (χ3n) is 3.40. The van der Waals surface area contributed by atoms with Crippen LogP contribution in [0.5, 0.6) is 11.5 Å². The smallest absolute Gasteiger partial charge is 0.266 e. The highest BCUT2D eigenvalue weighted by atomic mass is 79.9. The van der Waals surface area contributed by atoms with E-state index in [1.165, 1.54) is 11.3 Å². The Morgan fingerprint density at radius 1 is 1.24 bits per heavy atom. The van der Waals surface area contributed by atoms with Crippen LogP contribution >= 0.6 is 27.3 Å². The summed E-state index contributed by atoms with van der Waals surface area (Å²) >= 11 is 4.77. The number of fused-ring (bicyclic) bond motifs is 1. The molecule has 1 aromatic heterocycles. The molecule has 3 aromatic rings. The Hall–Kier alpha value is -2.12. The van der Waals surface area contributed by atoms with Crippen molar-refractivity contribution in [1.82, 2.24) is 4.98 Å². The van der Waals surface area contributed by atoms with Gasteiger partial charge in [-0.1, -0.05) is 27.3 Å². The molecule has 0 radical (unpaired) electrons. The van der Waals surface area contributed by atoms with Crippen LogP contribution < -0.4 is 14.8 Å². The van der Waals surface area contributed by atoms with Crippen LogP contribution in [0.15, 0.2) is 46.9 Å². The van der Waals surface area contributed by atoms with Crippen LogP contribution in [0.1, 0.15) is 13.8 Å². The summed E-state index contributed by atoms with van der Waals surface area (Å²) in [4.78, 5) is 16.8. The van der Waals surface area contributed by atoms with Gasteiger partial charge < -0.3 is 9.47 Å². The number of anilines is 1. The molecule has 1 heterocycles. The monoisotopic (exact) mass is 420 g/mol. The standard InChI is InChI=1S/C18H17BrN2O3S/c1-3-23-14-8-9-15-16(10-14)25-18(20-15)21-17(22)11(2)24-13-6-4-12(19)5-7-13/h4-11H,3H2,1-2H3,(H,20,21,22). The maximum absolute atomic E-state index is 12.3. The number of ether oxygens (including phenoxy) is 2. The number of carbonyl (C=O) groups excluding carboxylic acids is 1. The van der Waals surface area contributed by atoms with Crippen LogP contribution in [0.4, 0.5) is 5.13 Å². The summed E-state index contributed by atoms with van der Waals surface area (Å²) in [7, 11) is 0. The maximum atomic E-state index is 12.3. The number of rotatable bonds is 6. The van der Waals surface area contributed by atoms with Crippen molar-refractivity contribution < 1.29 is 14.3 Å². The van der Waals surface area contributed by atoms with Gasteiger partial charge in [-0.2, -0.15) is 0 Å². The fourth-order valence-electron chi connectivity index (χ4n) is 2.19. The number of benzene rings is 2. The number of thiazole rings is 1. The molecule has 1 amide bonds. The Kier molecular flexibility index (Phi) is 5.55. The zero-order valence-corrected chi connectivity index (χ0v) is 16.2. The molecular weight excluding hydrogens is 404 g/mol. The minimum atomic E-state index is -0.632. The van der Waals surface area contributed by atoms with Gasteiger partial charge in [0.2, 0.25) is 0 Å². The molecule has 1 atom stereocenters. The molecule has 0 spiro atoms. The minimum Gasteiger partial charge on any atom is -0.494 e. The summed E-state index contributed by atoms with van der Waals surface area (Å²) in [5.41, 5.74) is 0.824. The van der Waals surface area contributed by atoms with Gasteiger partial charge in [0.25, 0.3) is 5.91 Å². The lowest BCUT2D eigenvalue weighted by Crippen LogP contribution is -2.30. The van der Waals surface area contributed by atoms with E-state index in [0.717, 1.165) is 20.4 Å². The highest BCUT2D eigenvalue weighted by Crippen LogP contribution is 2.29. The second-order valence-corrected chi connectivity index (χ2v) is 7.23.